The van der Waals surface area contributed by atoms with E-state index in [0.29, 0.717) is 0 Å². The fourth-order valence-electron chi connectivity index (χ4n) is 0.164. The summed E-state index contributed by atoms with van der Waals surface area (Å²) >= 11 is 3.92. The zero-order chi connectivity index (χ0) is 8.41. The van der Waals surface area contributed by atoms with Crippen molar-refractivity contribution < 1.29 is 29.0 Å². The Morgan fingerprint density at radius 3 is 2.36 bits per heavy atom. The van der Waals surface area contributed by atoms with Crippen molar-refractivity contribution in [2.45, 2.75) is 6.92 Å². The third-order valence-electron chi connectivity index (χ3n) is 0.401. The first-order valence-electron chi connectivity index (χ1n) is 2.41. The van der Waals surface area contributed by atoms with Gasteiger partial charge in [-0.3, -0.25) is 0 Å². The summed E-state index contributed by atoms with van der Waals surface area (Å²) in [4.78, 5) is 10.0. The number of hydrogen-bond acceptors (Lipinski definition) is 3. The molecule has 0 saturated carbocycles. The Hall–Kier alpha value is -0.277. The van der Waals surface area contributed by atoms with E-state index in [4.69, 9.17) is 0 Å². The minimum Gasteiger partial charge on any atom is -0.634 e. The molecule has 2 N–H and O–H groups in total. The Labute approximate surface area is 84.7 Å². The van der Waals surface area contributed by atoms with Gasteiger partial charge in [0.25, 0.3) is 5.97 Å². The normalized spacial score (nSPS) is 5.91. The molecule has 0 atom stereocenters. The van der Waals surface area contributed by atoms with Crippen molar-refractivity contribution >= 4 is 23.7 Å². The van der Waals surface area contributed by atoms with Gasteiger partial charge in [-0.05, 0) is 0 Å². The molecule has 0 spiro atoms. The van der Waals surface area contributed by atoms with Crippen molar-refractivity contribution in [2.24, 2.45) is 5.73 Å². The maximum atomic E-state index is 10.0. The summed E-state index contributed by atoms with van der Waals surface area (Å²) in [7, 11) is 0. The van der Waals surface area contributed by atoms with E-state index in [-0.39, 0.29) is 19.5 Å². The number of esters is 1. The van der Waals surface area contributed by atoms with Crippen LogP contribution in [0, 0.1) is 6.61 Å². The summed E-state index contributed by atoms with van der Waals surface area (Å²) in [6.45, 7) is 6.12. The summed E-state index contributed by atoms with van der Waals surface area (Å²) in [5.41, 5.74) is 6.25. The van der Waals surface area contributed by atoms with E-state index in [9.17, 15) is 4.79 Å². The average molecular weight is 262 g/mol. The van der Waals surface area contributed by atoms with Crippen LogP contribution in [-0.4, -0.2) is 11.5 Å². The Morgan fingerprint density at radius 2 is 2.27 bits per heavy atom. The molecule has 0 aliphatic carbocycles. The maximum absolute atomic E-state index is 10.0. The number of carbonyl (C=O) groups excluding carboxylic acids is 1. The first-order chi connectivity index (χ1) is 4.72. The van der Waals surface area contributed by atoms with E-state index >= 15 is 0 Å². The standard InChI is InChI=1S/C5H7O2.CH2NS.Rh/c1-3-5(6)7-4-2;2-1-3;/h3-4H,1H2,2H3;(H2,2,3);/q2*-1;+2. The molecule has 65 valence electrons. The molecule has 0 amide bonds. The van der Waals surface area contributed by atoms with Gasteiger partial charge in [-0.2, -0.15) is 13.5 Å². The number of nitrogens with two attached hydrogens (primary N) is 1. The molecule has 0 aromatic carbocycles. The monoisotopic (exact) mass is 262 g/mol. The zero-order valence-electron chi connectivity index (χ0n) is 6.00. The van der Waals surface area contributed by atoms with Gasteiger partial charge < -0.3 is 28.2 Å². The molecule has 0 heterocycles. The van der Waals surface area contributed by atoms with E-state index in [2.05, 4.69) is 29.3 Å². The summed E-state index contributed by atoms with van der Waals surface area (Å²) in [5, 5.41) is 0. The van der Waals surface area contributed by atoms with E-state index in [1.807, 2.05) is 5.49 Å². The van der Waals surface area contributed by atoms with Crippen molar-refractivity contribution in [1.82, 2.24) is 0 Å². The van der Waals surface area contributed by atoms with Crippen LogP contribution in [0.4, 0.5) is 0 Å². The minimum atomic E-state index is -0.414. The van der Waals surface area contributed by atoms with Crippen LogP contribution < -0.4 is 5.73 Å². The molecule has 11 heavy (non-hydrogen) atoms. The maximum Gasteiger partial charge on any atom is 2.00 e. The Kier molecular flexibility index (Phi) is 25.3. The average Bonchev–Trinajstić information content (AvgIpc) is 1.90. The molecule has 0 fully saturated rings. The Morgan fingerprint density at radius 1 is 1.91 bits per heavy atom. The third kappa shape index (κ3) is 26.0. The van der Waals surface area contributed by atoms with Crippen LogP contribution in [0.25, 0.3) is 0 Å². The third-order valence-corrected chi connectivity index (χ3v) is 0.401. The molecule has 0 aromatic rings. The van der Waals surface area contributed by atoms with Gasteiger partial charge in [0.2, 0.25) is 0 Å². The van der Waals surface area contributed by atoms with Crippen LogP contribution in [0.2, 0.25) is 0 Å². The van der Waals surface area contributed by atoms with Crippen LogP contribution in [0.5, 0.6) is 0 Å². The van der Waals surface area contributed by atoms with Gasteiger partial charge >= 0.3 is 19.5 Å². The SMILES string of the molecule is C=CC(=O)O[CH-]C.N[C-]=S.[Rh+2]. The second kappa shape index (κ2) is 16.4. The predicted octanol–water partition coefficient (Wildman–Crippen LogP) is 0.674. The molecule has 0 aliphatic heterocycles. The van der Waals surface area contributed by atoms with Gasteiger partial charge in [-0.1, -0.05) is 6.58 Å². The zero-order valence-corrected chi connectivity index (χ0v) is 8.45. The first-order valence-corrected chi connectivity index (χ1v) is 2.82. The molecule has 0 aliphatic rings. The molecular weight excluding hydrogens is 253 g/mol. The molecule has 0 saturated heterocycles. The molecule has 0 unspecified atom stereocenters. The first kappa shape index (κ1) is 17.0. The van der Waals surface area contributed by atoms with Crippen molar-refractivity contribution in [3.05, 3.63) is 19.3 Å². The summed E-state index contributed by atoms with van der Waals surface area (Å²) in [6, 6.07) is 0. The Balaban J connectivity index is -0.000000140. The van der Waals surface area contributed by atoms with E-state index in [0.717, 1.165) is 6.08 Å². The molecule has 0 bridgehead atoms. The number of rotatable bonds is 2. The van der Waals surface area contributed by atoms with Gasteiger partial charge in [0.1, 0.15) is 0 Å². The van der Waals surface area contributed by atoms with Gasteiger partial charge in [-0.25, -0.2) is 4.79 Å². The molecule has 5 heteroatoms. The Bertz CT molecular complexity index is 119. The number of ether oxygens (including phenoxy) is 1. The van der Waals surface area contributed by atoms with Crippen molar-refractivity contribution in [2.75, 3.05) is 0 Å². The predicted molar refractivity (Wildman–Crippen MR) is 43.0 cm³/mol. The van der Waals surface area contributed by atoms with Crippen LogP contribution in [0.15, 0.2) is 12.7 Å². The summed E-state index contributed by atoms with van der Waals surface area (Å²) in [5.74, 6) is -0.414. The van der Waals surface area contributed by atoms with Crippen molar-refractivity contribution in [1.29, 1.82) is 0 Å². The summed E-state index contributed by atoms with van der Waals surface area (Å²) in [6.07, 6.45) is 1.11. The summed E-state index contributed by atoms with van der Waals surface area (Å²) < 4.78 is 4.31. The number of thiocarbonyl (C=S) groups is 1. The number of carbonyl (C=O) groups is 1. The van der Waals surface area contributed by atoms with Crippen LogP contribution >= 0.6 is 12.2 Å². The fourth-order valence-corrected chi connectivity index (χ4v) is 0.164. The molecule has 1 radical (unpaired) electrons. The molecule has 0 aromatic heterocycles. The van der Waals surface area contributed by atoms with Gasteiger partial charge in [0, 0.05) is 6.08 Å². The van der Waals surface area contributed by atoms with Crippen LogP contribution in [-0.2, 0) is 29.0 Å². The van der Waals surface area contributed by atoms with Gasteiger partial charge in [-0.15, -0.1) is 0 Å². The largest absolute Gasteiger partial charge is 2.00 e. The number of hydrogen-bond donors (Lipinski definition) is 1. The topological polar surface area (TPSA) is 52.3 Å². The van der Waals surface area contributed by atoms with Gasteiger partial charge in [0.05, 0.1) is 0 Å². The molecule has 3 nitrogen and oxygen atoms in total. The second-order valence-corrected chi connectivity index (χ2v) is 1.23. The smallest absolute Gasteiger partial charge is 0.634 e. The fraction of sp³-hybridized carbons (Fsp3) is 0.167. The van der Waals surface area contributed by atoms with E-state index in [1.165, 1.54) is 6.61 Å². The molecule has 0 rings (SSSR count). The van der Waals surface area contributed by atoms with E-state index < -0.39 is 5.97 Å². The van der Waals surface area contributed by atoms with Crippen molar-refractivity contribution in [3.63, 3.8) is 0 Å². The van der Waals surface area contributed by atoms with Crippen LogP contribution in [0.3, 0.4) is 0 Å². The van der Waals surface area contributed by atoms with E-state index in [1.54, 1.807) is 6.92 Å². The second-order valence-electron chi connectivity index (χ2n) is 0.995. The molecular formula is C6H9NO2RhS. The quantitative estimate of drug-likeness (QED) is 0.198. The van der Waals surface area contributed by atoms with Gasteiger partial charge in [0.15, 0.2) is 0 Å². The van der Waals surface area contributed by atoms with Crippen LogP contribution in [0.1, 0.15) is 6.92 Å². The minimum absolute atomic E-state index is 0. The van der Waals surface area contributed by atoms with Crippen molar-refractivity contribution in [3.8, 4) is 0 Å².